The molecule has 33 heavy (non-hydrogen) atoms. The zero-order valence-corrected chi connectivity index (χ0v) is 19.0. The molecule has 2 aliphatic rings. The van der Waals surface area contributed by atoms with Crippen molar-refractivity contribution in [2.75, 3.05) is 6.26 Å². The Balaban J connectivity index is 0.000000425. The van der Waals surface area contributed by atoms with Gasteiger partial charge in [-0.15, -0.1) is 0 Å². The number of benzene rings is 1. The van der Waals surface area contributed by atoms with Gasteiger partial charge in [0.2, 0.25) is 0 Å². The third-order valence-electron chi connectivity index (χ3n) is 3.55. The summed E-state index contributed by atoms with van der Waals surface area (Å²) in [6, 6.07) is 7.42. The molecule has 0 aliphatic carbocycles. The average Bonchev–Trinajstić information content (AvgIpc) is 2.70. The Hall–Kier alpha value is -2.76. The summed E-state index contributed by atoms with van der Waals surface area (Å²) in [5.74, 6) is -1.98. The number of rotatable bonds is 1. The van der Waals surface area contributed by atoms with Crippen LogP contribution in [0.15, 0.2) is 35.2 Å². The normalized spacial score (nSPS) is 16.5. The summed E-state index contributed by atoms with van der Waals surface area (Å²) >= 11 is 0. The Labute approximate surface area is 189 Å². The molecule has 16 heteroatoms. The number of carbonyl (C=O) groups excluding carboxylic acids is 4. The lowest BCUT2D eigenvalue weighted by atomic mass is 10.1. The number of imide groups is 2. The number of hydrogen-bond donors (Lipinski definition) is 4. The van der Waals surface area contributed by atoms with E-state index in [-0.39, 0.29) is 40.7 Å². The minimum Gasteiger partial charge on any atom is -0.286 e. The van der Waals surface area contributed by atoms with Gasteiger partial charge in [0.05, 0.1) is 11.2 Å². The Morgan fingerprint density at radius 2 is 0.939 bits per heavy atom. The Morgan fingerprint density at radius 3 is 1.12 bits per heavy atom. The first kappa shape index (κ1) is 30.2. The fourth-order valence-electron chi connectivity index (χ4n) is 2.08. The molecule has 2 aliphatic heterocycles. The fourth-order valence-corrected chi connectivity index (χ4v) is 2.58. The third kappa shape index (κ3) is 14.1. The topological polar surface area (TPSA) is 224 Å². The van der Waals surface area contributed by atoms with Crippen LogP contribution in [-0.4, -0.2) is 76.4 Å². The predicted molar refractivity (Wildman–Crippen MR) is 109 cm³/mol. The van der Waals surface area contributed by atoms with Crippen molar-refractivity contribution in [2.24, 2.45) is 0 Å². The Morgan fingerprint density at radius 1 is 0.667 bits per heavy atom. The second kappa shape index (κ2) is 13.7. The van der Waals surface area contributed by atoms with Crippen LogP contribution in [0.2, 0.25) is 0 Å². The van der Waals surface area contributed by atoms with E-state index in [2.05, 4.69) is 0 Å². The maximum atomic E-state index is 10.5. The Kier molecular flexibility index (Phi) is 12.6. The van der Waals surface area contributed by atoms with Crippen molar-refractivity contribution in [3.63, 3.8) is 0 Å². The van der Waals surface area contributed by atoms with Crippen molar-refractivity contribution in [3.8, 4) is 0 Å². The number of hydroxylamine groups is 4. The highest BCUT2D eigenvalue weighted by atomic mass is 32.2. The van der Waals surface area contributed by atoms with E-state index >= 15 is 0 Å². The van der Waals surface area contributed by atoms with E-state index in [1.54, 1.807) is 18.2 Å². The summed E-state index contributed by atoms with van der Waals surface area (Å²) in [4.78, 5) is 41.8. The molecule has 0 bridgehead atoms. The van der Waals surface area contributed by atoms with E-state index in [9.17, 15) is 36.0 Å². The fraction of sp³-hybridized carbons (Fsp3) is 0.412. The van der Waals surface area contributed by atoms with Gasteiger partial charge in [-0.25, -0.2) is 0 Å². The molecule has 4 N–H and O–H groups in total. The van der Waals surface area contributed by atoms with Crippen molar-refractivity contribution >= 4 is 43.9 Å². The molecule has 0 saturated carbocycles. The summed E-state index contributed by atoms with van der Waals surface area (Å²) < 4.78 is 55.1. The first-order chi connectivity index (χ1) is 15.0. The predicted octanol–water partition coefficient (Wildman–Crippen LogP) is 0.267. The van der Waals surface area contributed by atoms with Crippen LogP contribution in [0.5, 0.6) is 0 Å². The highest BCUT2D eigenvalue weighted by Crippen LogP contribution is 2.09. The largest absolute Gasteiger partial charge is 0.294 e. The number of nitrogens with zero attached hydrogens (tertiary/aromatic N) is 2. The Bertz CT molecular complexity index is 963. The molecule has 14 nitrogen and oxygen atoms in total. The molecular formula is C17H24N2O12S2. The van der Waals surface area contributed by atoms with Gasteiger partial charge in [-0.05, 0) is 25.0 Å². The maximum absolute atomic E-state index is 10.5. The van der Waals surface area contributed by atoms with Gasteiger partial charge in [0.25, 0.3) is 43.9 Å². The van der Waals surface area contributed by atoms with Crippen LogP contribution >= 0.6 is 0 Å². The molecule has 1 aromatic rings. The molecule has 0 radical (unpaired) electrons. The maximum Gasteiger partial charge on any atom is 0.294 e. The van der Waals surface area contributed by atoms with E-state index < -0.39 is 43.9 Å². The monoisotopic (exact) mass is 512 g/mol. The summed E-state index contributed by atoms with van der Waals surface area (Å²) in [6.45, 7) is 0. The summed E-state index contributed by atoms with van der Waals surface area (Å²) in [7, 11) is -7.67. The summed E-state index contributed by atoms with van der Waals surface area (Å²) in [6.07, 6.45) is 2.96. The second-order valence-corrected chi connectivity index (χ2v) is 9.31. The van der Waals surface area contributed by atoms with Crippen molar-refractivity contribution in [1.82, 2.24) is 10.1 Å². The van der Waals surface area contributed by atoms with E-state index in [0.717, 1.165) is 0 Å². The van der Waals surface area contributed by atoms with Gasteiger partial charge < -0.3 is 0 Å². The van der Waals surface area contributed by atoms with Crippen LogP contribution in [0, 0.1) is 0 Å². The summed E-state index contributed by atoms with van der Waals surface area (Å²) in [5.41, 5.74) is 0. The number of carbonyl (C=O) groups is 4. The number of piperidine rings is 2. The van der Waals surface area contributed by atoms with Gasteiger partial charge in [0, 0.05) is 25.7 Å². The van der Waals surface area contributed by atoms with Crippen LogP contribution in [0.1, 0.15) is 38.5 Å². The van der Waals surface area contributed by atoms with E-state index in [4.69, 9.17) is 19.5 Å². The lowest BCUT2D eigenvalue weighted by Gasteiger charge is -2.16. The van der Waals surface area contributed by atoms with Crippen molar-refractivity contribution < 1.29 is 55.5 Å². The summed E-state index contributed by atoms with van der Waals surface area (Å²) in [5, 5.41) is 17.6. The van der Waals surface area contributed by atoms with Crippen LogP contribution in [0.25, 0.3) is 0 Å². The first-order valence-corrected chi connectivity index (χ1v) is 12.4. The zero-order chi connectivity index (χ0) is 25.8. The van der Waals surface area contributed by atoms with Crippen molar-refractivity contribution in [1.29, 1.82) is 0 Å². The minimum atomic E-state index is -4.00. The molecule has 4 amide bonds. The number of hydrogen-bond acceptors (Lipinski definition) is 10. The van der Waals surface area contributed by atoms with Gasteiger partial charge in [-0.2, -0.15) is 27.0 Å². The SMILES string of the molecule is CS(=O)(=O)O.O=C1CCCC(=O)N1O.O=C1CCCC(=O)N1O.O=S(=O)(O)c1ccccc1. The molecule has 3 rings (SSSR count). The van der Waals surface area contributed by atoms with Gasteiger partial charge in [0.15, 0.2) is 0 Å². The molecule has 0 unspecified atom stereocenters. The van der Waals surface area contributed by atoms with Gasteiger partial charge in [-0.1, -0.05) is 18.2 Å². The quantitative estimate of drug-likeness (QED) is 0.226. The minimum absolute atomic E-state index is 0.0741. The third-order valence-corrected chi connectivity index (χ3v) is 4.42. The van der Waals surface area contributed by atoms with E-state index in [1.165, 1.54) is 12.1 Å². The molecule has 1 aromatic carbocycles. The van der Waals surface area contributed by atoms with Crippen LogP contribution in [0.4, 0.5) is 0 Å². The number of amides is 4. The van der Waals surface area contributed by atoms with Gasteiger partial charge in [-0.3, -0.25) is 38.7 Å². The van der Waals surface area contributed by atoms with Gasteiger partial charge in [0.1, 0.15) is 0 Å². The lowest BCUT2D eigenvalue weighted by molar-refractivity contribution is -0.183. The molecular weight excluding hydrogens is 488 g/mol. The average molecular weight is 513 g/mol. The highest BCUT2D eigenvalue weighted by Gasteiger charge is 2.24. The molecule has 2 fully saturated rings. The molecule has 186 valence electrons. The smallest absolute Gasteiger partial charge is 0.286 e. The standard InChI is InChI=1S/C6H6O3S.2C5H7NO3.CH4O3S/c7-10(8,9)6-4-2-1-3-5-6;2*7-4-2-1-3-5(8)6(4)9;1-5(2,3)4/h1-5H,(H,7,8,9);2*9H,1-3H2;1H3,(H,2,3,4). The van der Waals surface area contributed by atoms with Crippen LogP contribution < -0.4 is 0 Å². The molecule has 2 heterocycles. The van der Waals surface area contributed by atoms with Crippen LogP contribution in [0.3, 0.4) is 0 Å². The van der Waals surface area contributed by atoms with Crippen LogP contribution in [-0.2, 0) is 39.4 Å². The van der Waals surface area contributed by atoms with Crippen molar-refractivity contribution in [3.05, 3.63) is 30.3 Å². The highest BCUT2D eigenvalue weighted by molar-refractivity contribution is 7.85. The van der Waals surface area contributed by atoms with Crippen molar-refractivity contribution in [2.45, 2.75) is 43.4 Å². The van der Waals surface area contributed by atoms with E-state index in [1.807, 2.05) is 0 Å². The molecule has 0 aromatic heterocycles. The lowest BCUT2D eigenvalue weighted by Crippen LogP contribution is -2.36. The second-order valence-electron chi connectivity index (χ2n) is 6.43. The molecule has 2 saturated heterocycles. The zero-order valence-electron chi connectivity index (χ0n) is 17.4. The molecule has 0 spiro atoms. The van der Waals surface area contributed by atoms with Gasteiger partial charge >= 0.3 is 0 Å². The first-order valence-electron chi connectivity index (χ1n) is 9.08. The van der Waals surface area contributed by atoms with E-state index in [0.29, 0.717) is 19.1 Å². The molecule has 0 atom stereocenters.